The highest BCUT2D eigenvalue weighted by atomic mass is 79.9. The fourth-order valence-corrected chi connectivity index (χ4v) is 3.08. The minimum atomic E-state index is -0.906. The molecule has 3 rings (SSSR count). The van der Waals surface area contributed by atoms with Crippen LogP contribution in [-0.2, 0) is 12.0 Å². The number of hydrogen-bond acceptors (Lipinski definition) is 5. The molecular weight excluding hydrogens is 346 g/mol. The molecule has 0 saturated carbocycles. The zero-order valence-corrected chi connectivity index (χ0v) is 13.9. The maximum atomic E-state index is 11.0. The van der Waals surface area contributed by atoms with Crippen LogP contribution >= 0.6 is 15.9 Å². The molecule has 0 amide bonds. The Balaban J connectivity index is 1.80. The molecule has 0 fully saturated rings. The van der Waals surface area contributed by atoms with Gasteiger partial charge >= 0.3 is 0 Å². The molecule has 22 heavy (non-hydrogen) atoms. The molecule has 6 heteroatoms. The first kappa shape index (κ1) is 15.2. The van der Waals surface area contributed by atoms with Crippen molar-refractivity contribution in [2.75, 3.05) is 19.0 Å². The van der Waals surface area contributed by atoms with Crippen molar-refractivity contribution < 1.29 is 9.84 Å². The van der Waals surface area contributed by atoms with Crippen LogP contribution in [0.25, 0.3) is 0 Å². The van der Waals surface area contributed by atoms with Crippen molar-refractivity contribution >= 4 is 21.9 Å². The molecule has 1 aliphatic carbocycles. The number of hydrogen-bond donors (Lipinski definition) is 2. The molecule has 0 radical (unpaired) electrons. The van der Waals surface area contributed by atoms with Gasteiger partial charge in [0, 0.05) is 12.4 Å². The fraction of sp³-hybridized carbons (Fsp3) is 0.375. The number of rotatable bonds is 4. The molecule has 1 unspecified atom stereocenters. The largest absolute Gasteiger partial charge is 0.497 e. The normalized spacial score (nSPS) is 20.3. The van der Waals surface area contributed by atoms with E-state index in [0.29, 0.717) is 12.5 Å². The van der Waals surface area contributed by atoms with Gasteiger partial charge < -0.3 is 15.2 Å². The summed E-state index contributed by atoms with van der Waals surface area (Å²) in [6.45, 7) is 0.383. The minimum Gasteiger partial charge on any atom is -0.497 e. The Labute approximate surface area is 137 Å². The van der Waals surface area contributed by atoms with Gasteiger partial charge in [0.05, 0.1) is 18.1 Å². The summed E-state index contributed by atoms with van der Waals surface area (Å²) < 4.78 is 6.09. The van der Waals surface area contributed by atoms with Gasteiger partial charge in [-0.3, -0.25) is 0 Å². The number of aliphatic hydroxyl groups is 1. The van der Waals surface area contributed by atoms with Gasteiger partial charge in [-0.05, 0) is 58.5 Å². The monoisotopic (exact) mass is 363 g/mol. The second kappa shape index (κ2) is 6.22. The van der Waals surface area contributed by atoms with Gasteiger partial charge in [-0.1, -0.05) is 6.07 Å². The molecular formula is C16H18BrN3O2. The van der Waals surface area contributed by atoms with Crippen LogP contribution in [0.1, 0.15) is 24.0 Å². The quantitative estimate of drug-likeness (QED) is 0.873. The van der Waals surface area contributed by atoms with Gasteiger partial charge in [-0.15, -0.1) is 0 Å². The molecule has 1 aromatic carbocycles. The van der Waals surface area contributed by atoms with Crippen LogP contribution in [0, 0.1) is 0 Å². The maximum absolute atomic E-state index is 11.0. The van der Waals surface area contributed by atoms with E-state index in [-0.39, 0.29) is 0 Å². The highest BCUT2D eigenvalue weighted by molar-refractivity contribution is 9.10. The first-order valence-corrected chi connectivity index (χ1v) is 8.01. The van der Waals surface area contributed by atoms with E-state index < -0.39 is 5.60 Å². The Bertz CT molecular complexity index is 663. The molecule has 2 aromatic rings. The van der Waals surface area contributed by atoms with Crippen molar-refractivity contribution in [2.24, 2.45) is 0 Å². The van der Waals surface area contributed by atoms with Crippen LogP contribution in [0.15, 0.2) is 35.1 Å². The smallest absolute Gasteiger partial charge is 0.222 e. The van der Waals surface area contributed by atoms with Crippen LogP contribution in [0.2, 0.25) is 0 Å². The number of benzene rings is 1. The Morgan fingerprint density at radius 2 is 2.14 bits per heavy atom. The lowest BCUT2D eigenvalue weighted by Gasteiger charge is -2.34. The number of fused-ring (bicyclic) bond motifs is 1. The highest BCUT2D eigenvalue weighted by Crippen LogP contribution is 2.37. The molecule has 0 bridgehead atoms. The van der Waals surface area contributed by atoms with Crippen LogP contribution in [-0.4, -0.2) is 28.7 Å². The summed E-state index contributed by atoms with van der Waals surface area (Å²) in [6.07, 6.45) is 5.98. The van der Waals surface area contributed by atoms with E-state index in [9.17, 15) is 5.11 Å². The first-order valence-electron chi connectivity index (χ1n) is 7.22. The van der Waals surface area contributed by atoms with Gasteiger partial charge in [-0.25, -0.2) is 9.97 Å². The first-order chi connectivity index (χ1) is 10.6. The van der Waals surface area contributed by atoms with Crippen molar-refractivity contribution in [3.05, 3.63) is 46.2 Å². The molecule has 1 heterocycles. The average Bonchev–Trinajstić information content (AvgIpc) is 2.54. The van der Waals surface area contributed by atoms with Crippen LogP contribution < -0.4 is 10.1 Å². The van der Waals surface area contributed by atoms with Crippen molar-refractivity contribution in [3.63, 3.8) is 0 Å². The Hall–Kier alpha value is -1.66. The SMILES string of the molecule is COc1ccc2c(c1)CCCC2(O)CNc1ncc(Br)cn1. The number of nitrogens with one attached hydrogen (secondary N) is 1. The van der Waals surface area contributed by atoms with Gasteiger partial charge in [-0.2, -0.15) is 0 Å². The van der Waals surface area contributed by atoms with Gasteiger partial charge in [0.2, 0.25) is 5.95 Å². The molecule has 0 aliphatic heterocycles. The van der Waals surface area contributed by atoms with E-state index in [1.165, 1.54) is 0 Å². The third-order valence-corrected chi connectivity index (χ3v) is 4.42. The minimum absolute atomic E-state index is 0.383. The van der Waals surface area contributed by atoms with E-state index in [4.69, 9.17) is 4.74 Å². The van der Waals surface area contributed by atoms with Crippen molar-refractivity contribution in [1.29, 1.82) is 0 Å². The lowest BCUT2D eigenvalue weighted by molar-refractivity contribution is 0.0321. The summed E-state index contributed by atoms with van der Waals surface area (Å²) in [5.74, 6) is 1.34. The number of nitrogens with zero attached hydrogens (tertiary/aromatic N) is 2. The third kappa shape index (κ3) is 3.08. The Morgan fingerprint density at radius 1 is 1.36 bits per heavy atom. The lowest BCUT2D eigenvalue weighted by Crippen LogP contribution is -2.38. The Kier molecular flexibility index (Phi) is 4.31. The topological polar surface area (TPSA) is 67.3 Å². The molecule has 1 aliphatic rings. The van der Waals surface area contributed by atoms with Crippen molar-refractivity contribution in [1.82, 2.24) is 9.97 Å². The predicted octanol–water partition coefficient (Wildman–Crippen LogP) is 2.88. The standard InChI is InChI=1S/C16H18BrN3O2/c1-22-13-4-5-14-11(7-13)3-2-6-16(14,21)10-20-15-18-8-12(17)9-19-15/h4-5,7-9,21H,2-3,6,10H2,1H3,(H,18,19,20). The molecule has 1 atom stereocenters. The summed E-state index contributed by atoms with van der Waals surface area (Å²) in [5, 5.41) is 14.2. The zero-order valence-electron chi connectivity index (χ0n) is 12.3. The van der Waals surface area contributed by atoms with Crippen LogP contribution in [0.3, 0.4) is 0 Å². The fourth-order valence-electron chi connectivity index (χ4n) is 2.88. The average molecular weight is 364 g/mol. The molecule has 1 aromatic heterocycles. The zero-order chi connectivity index (χ0) is 15.6. The van der Waals surface area contributed by atoms with Crippen molar-refractivity contribution in [3.8, 4) is 5.75 Å². The van der Waals surface area contributed by atoms with E-state index in [1.54, 1.807) is 19.5 Å². The molecule has 5 nitrogen and oxygen atoms in total. The van der Waals surface area contributed by atoms with Gasteiger partial charge in [0.15, 0.2) is 0 Å². The summed E-state index contributed by atoms with van der Waals surface area (Å²) in [7, 11) is 1.66. The highest BCUT2D eigenvalue weighted by Gasteiger charge is 2.34. The van der Waals surface area contributed by atoms with Gasteiger partial charge in [0.1, 0.15) is 11.4 Å². The number of ether oxygens (including phenoxy) is 1. The number of methoxy groups -OCH3 is 1. The van der Waals surface area contributed by atoms with Crippen LogP contribution in [0.5, 0.6) is 5.75 Å². The van der Waals surface area contributed by atoms with Gasteiger partial charge in [0.25, 0.3) is 0 Å². The summed E-state index contributed by atoms with van der Waals surface area (Å²) in [5.41, 5.74) is 1.20. The number of aromatic nitrogens is 2. The van der Waals surface area contributed by atoms with E-state index in [2.05, 4.69) is 31.2 Å². The van der Waals surface area contributed by atoms with Crippen molar-refractivity contribution in [2.45, 2.75) is 24.9 Å². The second-order valence-electron chi connectivity index (χ2n) is 5.49. The summed E-state index contributed by atoms with van der Waals surface area (Å²) in [4.78, 5) is 8.35. The lowest BCUT2D eigenvalue weighted by atomic mass is 9.79. The number of anilines is 1. The third-order valence-electron chi connectivity index (χ3n) is 4.01. The second-order valence-corrected chi connectivity index (χ2v) is 6.40. The van der Waals surface area contributed by atoms with E-state index in [0.717, 1.165) is 40.6 Å². The molecule has 116 valence electrons. The van der Waals surface area contributed by atoms with E-state index >= 15 is 0 Å². The predicted molar refractivity (Wildman–Crippen MR) is 88.1 cm³/mol. The Morgan fingerprint density at radius 3 is 2.86 bits per heavy atom. The summed E-state index contributed by atoms with van der Waals surface area (Å²) >= 11 is 3.30. The summed E-state index contributed by atoms with van der Waals surface area (Å²) in [6, 6.07) is 5.86. The van der Waals surface area contributed by atoms with Crippen LogP contribution in [0.4, 0.5) is 5.95 Å². The molecule has 0 spiro atoms. The maximum Gasteiger partial charge on any atom is 0.222 e. The molecule has 0 saturated heterocycles. The molecule has 2 N–H and O–H groups in total. The van der Waals surface area contributed by atoms with E-state index in [1.807, 2.05) is 18.2 Å². The number of aryl methyl sites for hydroxylation is 1. The number of halogens is 1.